The van der Waals surface area contributed by atoms with Crippen LogP contribution in [-0.4, -0.2) is 9.78 Å². The molecule has 5 heteroatoms. The van der Waals surface area contributed by atoms with E-state index in [1.807, 2.05) is 44.3 Å². The van der Waals surface area contributed by atoms with Gasteiger partial charge in [0.2, 0.25) is 0 Å². The number of aromatic nitrogens is 2. The van der Waals surface area contributed by atoms with Gasteiger partial charge in [-0.25, -0.2) is 0 Å². The summed E-state index contributed by atoms with van der Waals surface area (Å²) < 4.78 is 7.02. The van der Waals surface area contributed by atoms with E-state index in [9.17, 15) is 0 Å². The van der Waals surface area contributed by atoms with Crippen LogP contribution >= 0.6 is 11.6 Å². The Labute approximate surface area is 121 Å². The van der Waals surface area contributed by atoms with E-state index in [0.29, 0.717) is 10.8 Å². The maximum absolute atomic E-state index is 6.29. The quantitative estimate of drug-likeness (QED) is 0.778. The molecule has 102 valence electrons. The highest BCUT2D eigenvalue weighted by Gasteiger charge is 2.20. The molecule has 3 rings (SSSR count). The van der Waals surface area contributed by atoms with Gasteiger partial charge in [-0.15, -0.1) is 0 Å². The Morgan fingerprint density at radius 1 is 1.30 bits per heavy atom. The molecule has 3 aromatic rings. The second kappa shape index (κ2) is 4.72. The molecular formula is C15H14ClN3O. The normalized spacial score (nSPS) is 10.9. The van der Waals surface area contributed by atoms with Crippen molar-refractivity contribution in [3.8, 4) is 22.4 Å². The van der Waals surface area contributed by atoms with Crippen LogP contribution < -0.4 is 5.73 Å². The molecule has 2 heterocycles. The number of rotatable bonds is 2. The lowest BCUT2D eigenvalue weighted by Crippen LogP contribution is -1.98. The van der Waals surface area contributed by atoms with Crippen molar-refractivity contribution < 1.29 is 4.42 Å². The lowest BCUT2D eigenvalue weighted by molar-refractivity contribution is 0.535. The first-order valence-electron chi connectivity index (χ1n) is 6.21. The van der Waals surface area contributed by atoms with Gasteiger partial charge in [0.05, 0.1) is 5.56 Å². The monoisotopic (exact) mass is 287 g/mol. The van der Waals surface area contributed by atoms with E-state index in [1.54, 1.807) is 10.9 Å². The first kappa shape index (κ1) is 12.8. The van der Waals surface area contributed by atoms with Crippen LogP contribution in [0.5, 0.6) is 0 Å². The molecule has 0 radical (unpaired) electrons. The number of anilines is 1. The third-order valence-corrected chi connectivity index (χ3v) is 3.57. The van der Waals surface area contributed by atoms with E-state index in [-0.39, 0.29) is 0 Å². The molecule has 0 saturated heterocycles. The summed E-state index contributed by atoms with van der Waals surface area (Å²) in [5, 5.41) is 5.13. The number of hydrogen-bond donors (Lipinski definition) is 1. The van der Waals surface area contributed by atoms with Gasteiger partial charge >= 0.3 is 0 Å². The number of benzene rings is 1. The number of aryl methyl sites for hydroxylation is 2. The predicted molar refractivity (Wildman–Crippen MR) is 80.5 cm³/mol. The standard InChI is InChI=1S/C15H14ClN3O/c1-9-7-10(8-20-9)14-13(15(17)19(2)18-14)11-5-3-4-6-12(11)16/h3-8H,17H2,1-2H3. The van der Waals surface area contributed by atoms with Crippen molar-refractivity contribution in [1.29, 1.82) is 0 Å². The maximum Gasteiger partial charge on any atom is 0.129 e. The van der Waals surface area contributed by atoms with Crippen LogP contribution in [0.2, 0.25) is 5.02 Å². The van der Waals surface area contributed by atoms with E-state index >= 15 is 0 Å². The molecule has 2 N–H and O–H groups in total. The second-order valence-electron chi connectivity index (χ2n) is 4.66. The number of nitrogens with two attached hydrogens (primary N) is 1. The fourth-order valence-corrected chi connectivity index (χ4v) is 2.47. The van der Waals surface area contributed by atoms with E-state index in [1.165, 1.54) is 0 Å². The van der Waals surface area contributed by atoms with Gasteiger partial charge in [0.1, 0.15) is 23.5 Å². The summed E-state index contributed by atoms with van der Waals surface area (Å²) in [6.45, 7) is 1.89. The minimum Gasteiger partial charge on any atom is -0.469 e. The van der Waals surface area contributed by atoms with Crippen LogP contribution in [0, 0.1) is 6.92 Å². The van der Waals surface area contributed by atoms with Crippen molar-refractivity contribution in [2.45, 2.75) is 6.92 Å². The zero-order valence-electron chi connectivity index (χ0n) is 11.2. The van der Waals surface area contributed by atoms with Gasteiger partial charge in [0.25, 0.3) is 0 Å². The molecule has 20 heavy (non-hydrogen) atoms. The van der Waals surface area contributed by atoms with E-state index < -0.39 is 0 Å². The van der Waals surface area contributed by atoms with E-state index in [0.717, 1.165) is 28.1 Å². The molecule has 0 bridgehead atoms. The van der Waals surface area contributed by atoms with Crippen molar-refractivity contribution >= 4 is 17.4 Å². The van der Waals surface area contributed by atoms with Crippen molar-refractivity contribution in [2.75, 3.05) is 5.73 Å². The zero-order chi connectivity index (χ0) is 14.3. The van der Waals surface area contributed by atoms with Gasteiger partial charge in [0.15, 0.2) is 0 Å². The Bertz CT molecular complexity index is 773. The predicted octanol–water partition coefficient (Wildman–Crippen LogP) is 3.89. The molecule has 1 aromatic carbocycles. The Balaban J connectivity index is 2.28. The summed E-state index contributed by atoms with van der Waals surface area (Å²) in [5.41, 5.74) is 9.53. The lowest BCUT2D eigenvalue weighted by atomic mass is 10.0. The first-order valence-corrected chi connectivity index (χ1v) is 6.58. The highest BCUT2D eigenvalue weighted by atomic mass is 35.5. The molecule has 2 aromatic heterocycles. The van der Waals surface area contributed by atoms with Crippen LogP contribution in [0.1, 0.15) is 5.76 Å². The summed E-state index contributed by atoms with van der Waals surface area (Å²) >= 11 is 6.29. The molecule has 4 nitrogen and oxygen atoms in total. The molecule has 0 aliphatic rings. The van der Waals surface area contributed by atoms with Gasteiger partial charge < -0.3 is 10.2 Å². The van der Waals surface area contributed by atoms with Crippen LogP contribution in [0.15, 0.2) is 41.0 Å². The molecule has 0 amide bonds. The molecular weight excluding hydrogens is 274 g/mol. The fraction of sp³-hybridized carbons (Fsp3) is 0.133. The third-order valence-electron chi connectivity index (χ3n) is 3.24. The van der Waals surface area contributed by atoms with Crippen molar-refractivity contribution in [3.63, 3.8) is 0 Å². The van der Waals surface area contributed by atoms with Crippen molar-refractivity contribution in [2.24, 2.45) is 7.05 Å². The summed E-state index contributed by atoms with van der Waals surface area (Å²) in [4.78, 5) is 0. The molecule has 0 saturated carbocycles. The number of nitrogen functional groups attached to an aromatic ring is 1. The Morgan fingerprint density at radius 2 is 2.05 bits per heavy atom. The van der Waals surface area contributed by atoms with Crippen molar-refractivity contribution in [1.82, 2.24) is 9.78 Å². The maximum atomic E-state index is 6.29. The fourth-order valence-electron chi connectivity index (χ4n) is 2.24. The van der Waals surface area contributed by atoms with Crippen LogP contribution in [-0.2, 0) is 7.05 Å². The largest absolute Gasteiger partial charge is 0.469 e. The van der Waals surface area contributed by atoms with Crippen LogP contribution in [0.4, 0.5) is 5.82 Å². The summed E-state index contributed by atoms with van der Waals surface area (Å²) in [5.74, 6) is 1.40. The Morgan fingerprint density at radius 3 is 2.70 bits per heavy atom. The number of nitrogens with zero attached hydrogens (tertiary/aromatic N) is 2. The minimum atomic E-state index is 0.576. The van der Waals surface area contributed by atoms with E-state index in [4.69, 9.17) is 21.8 Å². The molecule has 0 aliphatic carbocycles. The van der Waals surface area contributed by atoms with Gasteiger partial charge in [-0.2, -0.15) is 5.10 Å². The summed E-state index contributed by atoms with van der Waals surface area (Å²) in [6, 6.07) is 9.53. The summed E-state index contributed by atoms with van der Waals surface area (Å²) in [7, 11) is 1.81. The third kappa shape index (κ3) is 1.98. The Kier molecular flexibility index (Phi) is 3.03. The van der Waals surface area contributed by atoms with Gasteiger partial charge in [-0.1, -0.05) is 29.8 Å². The molecule has 0 atom stereocenters. The highest BCUT2D eigenvalue weighted by Crippen LogP contribution is 2.39. The van der Waals surface area contributed by atoms with Crippen molar-refractivity contribution in [3.05, 3.63) is 47.4 Å². The molecule has 0 aliphatic heterocycles. The first-order chi connectivity index (χ1) is 9.58. The van der Waals surface area contributed by atoms with Gasteiger partial charge in [0, 0.05) is 23.2 Å². The zero-order valence-corrected chi connectivity index (χ0v) is 12.0. The minimum absolute atomic E-state index is 0.576. The SMILES string of the molecule is Cc1cc(-c2nn(C)c(N)c2-c2ccccc2Cl)co1. The van der Waals surface area contributed by atoms with Gasteiger partial charge in [-0.3, -0.25) is 4.68 Å². The molecule has 0 spiro atoms. The number of hydrogen-bond acceptors (Lipinski definition) is 3. The van der Waals surface area contributed by atoms with E-state index in [2.05, 4.69) is 5.10 Å². The average Bonchev–Trinajstić information content (AvgIpc) is 2.96. The molecule has 0 unspecified atom stereocenters. The second-order valence-corrected chi connectivity index (χ2v) is 5.07. The van der Waals surface area contributed by atoms with Gasteiger partial charge in [-0.05, 0) is 19.1 Å². The van der Waals surface area contributed by atoms with Crippen LogP contribution in [0.25, 0.3) is 22.4 Å². The summed E-state index contributed by atoms with van der Waals surface area (Å²) in [6.07, 6.45) is 1.68. The Hall–Kier alpha value is -2.20. The highest BCUT2D eigenvalue weighted by molar-refractivity contribution is 6.33. The smallest absolute Gasteiger partial charge is 0.129 e. The molecule has 0 fully saturated rings. The number of furan rings is 1. The lowest BCUT2D eigenvalue weighted by Gasteiger charge is -2.05. The number of halogens is 1. The topological polar surface area (TPSA) is 57.0 Å². The van der Waals surface area contributed by atoms with Crippen LogP contribution in [0.3, 0.4) is 0 Å². The average molecular weight is 288 g/mol.